The summed E-state index contributed by atoms with van der Waals surface area (Å²) in [4.78, 5) is 26.5. The Bertz CT molecular complexity index is 496. The second-order valence-electron chi connectivity index (χ2n) is 4.17. The lowest BCUT2D eigenvalue weighted by atomic mass is 9.99. The van der Waals surface area contributed by atoms with Gasteiger partial charge in [-0.15, -0.1) is 0 Å². The van der Waals surface area contributed by atoms with Gasteiger partial charge in [0.1, 0.15) is 17.0 Å². The smallest absolute Gasteiger partial charge is 0.326 e. The number of halogens is 2. The fourth-order valence-electron chi connectivity index (χ4n) is 1.48. The molecule has 0 aromatic carbocycles. The molecule has 0 bridgehead atoms. The molecule has 0 aliphatic heterocycles. The monoisotopic (exact) mass is 288 g/mol. The molecule has 0 unspecified atom stereocenters. The lowest BCUT2D eigenvalue weighted by Crippen LogP contribution is -2.45. The minimum Gasteiger partial charge on any atom is -0.480 e. The topological polar surface area (TPSA) is 79.3 Å². The predicted molar refractivity (Wildman–Crippen MR) is 67.6 cm³/mol. The van der Waals surface area contributed by atoms with Crippen molar-refractivity contribution in [1.29, 1.82) is 0 Å². The molecule has 1 amide bonds. The van der Waals surface area contributed by atoms with E-state index in [4.69, 9.17) is 16.7 Å². The maximum atomic E-state index is 13.0. The average molecular weight is 289 g/mol. The first kappa shape index (κ1) is 15.4. The van der Waals surface area contributed by atoms with E-state index in [1.54, 1.807) is 6.92 Å². The molecule has 2 atom stereocenters. The van der Waals surface area contributed by atoms with Crippen LogP contribution >= 0.6 is 11.6 Å². The van der Waals surface area contributed by atoms with Crippen LogP contribution in [0.15, 0.2) is 12.3 Å². The van der Waals surface area contributed by atoms with Crippen molar-refractivity contribution in [2.24, 2.45) is 5.92 Å². The Morgan fingerprint density at radius 1 is 1.58 bits per heavy atom. The summed E-state index contributed by atoms with van der Waals surface area (Å²) < 4.78 is 13.0. The van der Waals surface area contributed by atoms with E-state index in [0.717, 1.165) is 12.3 Å². The zero-order valence-corrected chi connectivity index (χ0v) is 11.2. The Labute approximate surface area is 114 Å². The predicted octanol–water partition coefficient (Wildman–Crippen LogP) is 2.10. The number of nitrogens with one attached hydrogen (secondary N) is 1. The zero-order valence-electron chi connectivity index (χ0n) is 10.5. The van der Waals surface area contributed by atoms with Gasteiger partial charge in [0, 0.05) is 0 Å². The number of nitrogens with zero attached hydrogens (tertiary/aromatic N) is 1. The van der Waals surface area contributed by atoms with Gasteiger partial charge in [0.2, 0.25) is 0 Å². The third kappa shape index (κ3) is 3.89. The van der Waals surface area contributed by atoms with Gasteiger partial charge in [0.25, 0.3) is 5.91 Å². The summed E-state index contributed by atoms with van der Waals surface area (Å²) >= 11 is 5.68. The summed E-state index contributed by atoms with van der Waals surface area (Å²) in [6.45, 7) is 3.51. The first-order chi connectivity index (χ1) is 8.86. The number of pyridine rings is 1. The van der Waals surface area contributed by atoms with Crippen LogP contribution in [0.4, 0.5) is 4.39 Å². The number of hydrogen-bond acceptors (Lipinski definition) is 3. The van der Waals surface area contributed by atoms with Crippen LogP contribution in [0.1, 0.15) is 30.6 Å². The van der Waals surface area contributed by atoms with Crippen LogP contribution in [-0.4, -0.2) is 28.0 Å². The highest BCUT2D eigenvalue weighted by molar-refractivity contribution is 6.32. The van der Waals surface area contributed by atoms with E-state index in [1.807, 2.05) is 6.92 Å². The quantitative estimate of drug-likeness (QED) is 0.813. The number of carboxylic acid groups (broad SMARTS) is 1. The van der Waals surface area contributed by atoms with Crippen molar-refractivity contribution >= 4 is 23.5 Å². The molecule has 0 fully saturated rings. The molecule has 0 radical (unpaired) electrons. The van der Waals surface area contributed by atoms with Crippen molar-refractivity contribution in [1.82, 2.24) is 10.3 Å². The fraction of sp³-hybridized carbons (Fsp3) is 0.417. The molecule has 1 aromatic rings. The van der Waals surface area contributed by atoms with Crippen molar-refractivity contribution in [2.75, 3.05) is 0 Å². The van der Waals surface area contributed by atoms with Crippen LogP contribution in [0.3, 0.4) is 0 Å². The second-order valence-corrected chi connectivity index (χ2v) is 4.52. The van der Waals surface area contributed by atoms with Gasteiger partial charge in [-0.3, -0.25) is 4.79 Å². The molecule has 2 N–H and O–H groups in total. The Morgan fingerprint density at radius 2 is 2.21 bits per heavy atom. The number of carboxylic acids is 1. The summed E-state index contributed by atoms with van der Waals surface area (Å²) in [5.74, 6) is -2.89. The van der Waals surface area contributed by atoms with E-state index in [-0.39, 0.29) is 16.6 Å². The molecule has 0 aliphatic rings. The Balaban J connectivity index is 2.94. The lowest BCUT2D eigenvalue weighted by Gasteiger charge is -2.20. The van der Waals surface area contributed by atoms with Crippen LogP contribution in [0.25, 0.3) is 0 Å². The number of carbonyl (C=O) groups is 2. The van der Waals surface area contributed by atoms with Crippen LogP contribution in [-0.2, 0) is 4.79 Å². The minimum absolute atomic E-state index is 0.174. The number of carbonyl (C=O) groups excluding carboxylic acids is 1. The summed E-state index contributed by atoms with van der Waals surface area (Å²) in [5, 5.41) is 11.2. The standard InChI is InChI=1S/C12H14ClFN2O3/c1-3-6(2)9(12(18)19)16-11(17)8-4-7(14)5-15-10(8)13/h4-6,9H,3H2,1-2H3,(H,16,17)(H,18,19)/t6-,9-/m0/s1. The van der Waals surface area contributed by atoms with Crippen molar-refractivity contribution in [3.8, 4) is 0 Å². The van der Waals surface area contributed by atoms with E-state index >= 15 is 0 Å². The summed E-state index contributed by atoms with van der Waals surface area (Å²) in [5.41, 5.74) is -0.184. The van der Waals surface area contributed by atoms with Gasteiger partial charge >= 0.3 is 5.97 Å². The van der Waals surface area contributed by atoms with Crippen LogP contribution < -0.4 is 5.32 Å². The van der Waals surface area contributed by atoms with Gasteiger partial charge in [-0.05, 0) is 12.0 Å². The molecule has 19 heavy (non-hydrogen) atoms. The van der Waals surface area contributed by atoms with E-state index in [2.05, 4.69) is 10.3 Å². The molecule has 0 spiro atoms. The van der Waals surface area contributed by atoms with E-state index in [9.17, 15) is 14.0 Å². The fourth-order valence-corrected chi connectivity index (χ4v) is 1.67. The van der Waals surface area contributed by atoms with E-state index < -0.39 is 23.7 Å². The summed E-state index contributed by atoms with van der Waals surface area (Å²) in [7, 11) is 0. The van der Waals surface area contributed by atoms with Gasteiger partial charge < -0.3 is 10.4 Å². The molecule has 5 nitrogen and oxygen atoms in total. The molecule has 104 valence electrons. The highest BCUT2D eigenvalue weighted by Crippen LogP contribution is 2.15. The number of aliphatic carboxylic acids is 1. The third-order valence-corrected chi connectivity index (χ3v) is 3.12. The first-order valence-electron chi connectivity index (χ1n) is 5.71. The Kier molecular flexibility index (Phi) is 5.23. The Hall–Kier alpha value is -1.69. The molecule has 0 aliphatic carbocycles. The maximum absolute atomic E-state index is 13.0. The van der Waals surface area contributed by atoms with Crippen LogP contribution in [0.2, 0.25) is 5.15 Å². The van der Waals surface area contributed by atoms with Gasteiger partial charge in [-0.1, -0.05) is 31.9 Å². The summed E-state index contributed by atoms with van der Waals surface area (Å²) in [6, 6.07) is -0.142. The highest BCUT2D eigenvalue weighted by atomic mass is 35.5. The number of aromatic nitrogens is 1. The molecular formula is C12H14ClFN2O3. The maximum Gasteiger partial charge on any atom is 0.326 e. The first-order valence-corrected chi connectivity index (χ1v) is 6.09. The van der Waals surface area contributed by atoms with Crippen molar-refractivity contribution in [2.45, 2.75) is 26.3 Å². The van der Waals surface area contributed by atoms with E-state index in [0.29, 0.717) is 6.42 Å². The normalized spacial score (nSPS) is 13.7. The van der Waals surface area contributed by atoms with Crippen molar-refractivity contribution in [3.05, 3.63) is 28.8 Å². The lowest BCUT2D eigenvalue weighted by molar-refractivity contribution is -0.140. The van der Waals surface area contributed by atoms with Crippen molar-refractivity contribution in [3.63, 3.8) is 0 Å². The molecular weight excluding hydrogens is 275 g/mol. The van der Waals surface area contributed by atoms with Gasteiger partial charge in [-0.2, -0.15) is 0 Å². The van der Waals surface area contributed by atoms with Crippen LogP contribution in [0.5, 0.6) is 0 Å². The third-order valence-electron chi connectivity index (χ3n) is 2.82. The number of rotatable bonds is 5. The Morgan fingerprint density at radius 3 is 2.74 bits per heavy atom. The zero-order chi connectivity index (χ0) is 14.6. The average Bonchev–Trinajstić information content (AvgIpc) is 2.37. The van der Waals surface area contributed by atoms with Gasteiger partial charge in [0.15, 0.2) is 0 Å². The SMILES string of the molecule is CC[C@H](C)[C@H](NC(=O)c1cc(F)cnc1Cl)C(=O)O. The molecule has 1 heterocycles. The largest absolute Gasteiger partial charge is 0.480 e. The number of amides is 1. The molecule has 1 aromatic heterocycles. The molecule has 0 saturated carbocycles. The minimum atomic E-state index is -1.15. The number of hydrogen-bond donors (Lipinski definition) is 2. The second kappa shape index (κ2) is 6.47. The van der Waals surface area contributed by atoms with Crippen LogP contribution in [0, 0.1) is 11.7 Å². The van der Waals surface area contributed by atoms with Gasteiger partial charge in [-0.25, -0.2) is 14.2 Å². The summed E-state index contributed by atoms with van der Waals surface area (Å²) in [6.07, 6.45) is 1.45. The molecule has 7 heteroatoms. The van der Waals surface area contributed by atoms with E-state index in [1.165, 1.54) is 0 Å². The molecule has 0 saturated heterocycles. The molecule has 1 rings (SSSR count). The van der Waals surface area contributed by atoms with Crippen molar-refractivity contribution < 1.29 is 19.1 Å². The highest BCUT2D eigenvalue weighted by Gasteiger charge is 2.26. The van der Waals surface area contributed by atoms with Gasteiger partial charge in [0.05, 0.1) is 11.8 Å².